The molecule has 2 fully saturated rings. The molecule has 1 aromatic carbocycles. The standard InChI is InChI=1S/C20H18N2O2/c1-22-16(10-13-9-11-6-7-12(13)8-11)21-17-18(22)20(24)15-5-3-2-4-14(15)19(17)23/h2-5,10-12H,6-9H2,1H3/b13-10-. The Morgan fingerprint density at radius 3 is 2.54 bits per heavy atom. The molecule has 2 saturated carbocycles. The van der Waals surface area contributed by atoms with Crippen molar-refractivity contribution in [1.29, 1.82) is 0 Å². The summed E-state index contributed by atoms with van der Waals surface area (Å²) in [7, 11) is 1.84. The van der Waals surface area contributed by atoms with Crippen LogP contribution in [0.25, 0.3) is 6.08 Å². The van der Waals surface area contributed by atoms with Crippen LogP contribution in [0.5, 0.6) is 0 Å². The first kappa shape index (κ1) is 13.9. The predicted molar refractivity (Wildman–Crippen MR) is 89.9 cm³/mol. The van der Waals surface area contributed by atoms with Crippen LogP contribution in [-0.4, -0.2) is 21.1 Å². The Labute approximate surface area is 140 Å². The Morgan fingerprint density at radius 1 is 1.12 bits per heavy atom. The molecular formula is C20H18N2O2. The van der Waals surface area contributed by atoms with Gasteiger partial charge in [-0.05, 0) is 43.6 Å². The zero-order valence-electron chi connectivity index (χ0n) is 13.6. The quantitative estimate of drug-likeness (QED) is 0.691. The van der Waals surface area contributed by atoms with Crippen molar-refractivity contribution in [2.45, 2.75) is 25.7 Å². The second-order valence-corrected chi connectivity index (χ2v) is 7.23. The Bertz CT molecular complexity index is 935. The van der Waals surface area contributed by atoms with Gasteiger partial charge < -0.3 is 4.57 Å². The van der Waals surface area contributed by atoms with Gasteiger partial charge in [-0.25, -0.2) is 4.98 Å². The van der Waals surface area contributed by atoms with E-state index in [1.807, 2.05) is 7.05 Å². The van der Waals surface area contributed by atoms with Gasteiger partial charge in [0.25, 0.3) is 0 Å². The molecule has 2 atom stereocenters. The van der Waals surface area contributed by atoms with E-state index in [0.717, 1.165) is 18.2 Å². The van der Waals surface area contributed by atoms with Crippen LogP contribution < -0.4 is 0 Å². The van der Waals surface area contributed by atoms with Crippen LogP contribution >= 0.6 is 0 Å². The highest BCUT2D eigenvalue weighted by Crippen LogP contribution is 2.48. The van der Waals surface area contributed by atoms with Gasteiger partial charge in [-0.1, -0.05) is 29.8 Å². The number of carbonyl (C=O) groups is 2. The van der Waals surface area contributed by atoms with E-state index in [4.69, 9.17) is 0 Å². The van der Waals surface area contributed by atoms with E-state index < -0.39 is 0 Å². The van der Waals surface area contributed by atoms with Crippen molar-refractivity contribution in [1.82, 2.24) is 9.55 Å². The van der Waals surface area contributed by atoms with Gasteiger partial charge >= 0.3 is 0 Å². The fourth-order valence-corrected chi connectivity index (χ4v) is 4.64. The van der Waals surface area contributed by atoms with Gasteiger partial charge in [-0.15, -0.1) is 0 Å². The molecule has 1 heterocycles. The molecular weight excluding hydrogens is 300 g/mol. The Kier molecular flexibility index (Phi) is 2.76. The number of fused-ring (bicyclic) bond motifs is 4. The highest BCUT2D eigenvalue weighted by Gasteiger charge is 2.37. The summed E-state index contributed by atoms with van der Waals surface area (Å²) >= 11 is 0. The monoisotopic (exact) mass is 318 g/mol. The molecule has 0 amide bonds. The maximum absolute atomic E-state index is 12.8. The number of benzene rings is 1. The molecule has 1 aromatic heterocycles. The smallest absolute Gasteiger partial charge is 0.214 e. The van der Waals surface area contributed by atoms with E-state index in [2.05, 4.69) is 11.1 Å². The van der Waals surface area contributed by atoms with Crippen LogP contribution in [0.3, 0.4) is 0 Å². The molecule has 0 radical (unpaired) electrons. The number of nitrogens with zero attached hydrogens (tertiary/aromatic N) is 2. The normalized spacial score (nSPS) is 26.1. The number of aromatic nitrogens is 2. The molecule has 0 aliphatic heterocycles. The number of carbonyl (C=O) groups excluding carboxylic acids is 2. The van der Waals surface area contributed by atoms with Crippen LogP contribution in [0.15, 0.2) is 29.8 Å². The Hall–Kier alpha value is -2.49. The maximum atomic E-state index is 12.8. The molecule has 24 heavy (non-hydrogen) atoms. The first-order valence-corrected chi connectivity index (χ1v) is 8.59. The third-order valence-corrected chi connectivity index (χ3v) is 5.88. The van der Waals surface area contributed by atoms with Crippen molar-refractivity contribution < 1.29 is 9.59 Å². The second-order valence-electron chi connectivity index (χ2n) is 7.23. The second kappa shape index (κ2) is 4.76. The Morgan fingerprint density at radius 2 is 1.88 bits per heavy atom. The van der Waals surface area contributed by atoms with Crippen molar-refractivity contribution in [3.05, 3.63) is 58.2 Å². The molecule has 120 valence electrons. The van der Waals surface area contributed by atoms with E-state index in [-0.39, 0.29) is 11.6 Å². The van der Waals surface area contributed by atoms with Gasteiger partial charge in [0, 0.05) is 18.2 Å². The van der Waals surface area contributed by atoms with Crippen molar-refractivity contribution in [2.24, 2.45) is 18.9 Å². The summed E-state index contributed by atoms with van der Waals surface area (Å²) in [6.45, 7) is 0. The van der Waals surface area contributed by atoms with Gasteiger partial charge in [0.15, 0.2) is 0 Å². The molecule has 4 heteroatoms. The van der Waals surface area contributed by atoms with Crippen molar-refractivity contribution in [3.8, 4) is 0 Å². The first-order valence-electron chi connectivity index (χ1n) is 8.59. The molecule has 3 aliphatic carbocycles. The molecule has 2 unspecified atom stereocenters. The third-order valence-electron chi connectivity index (χ3n) is 5.88. The number of rotatable bonds is 1. The van der Waals surface area contributed by atoms with Crippen LogP contribution in [-0.2, 0) is 7.05 Å². The fraction of sp³-hybridized carbons (Fsp3) is 0.350. The van der Waals surface area contributed by atoms with E-state index in [1.165, 1.54) is 24.8 Å². The molecule has 4 nitrogen and oxygen atoms in total. The molecule has 0 spiro atoms. The summed E-state index contributed by atoms with van der Waals surface area (Å²) in [5.74, 6) is 1.98. The fourth-order valence-electron chi connectivity index (χ4n) is 4.64. The minimum Gasteiger partial charge on any atom is -0.324 e. The summed E-state index contributed by atoms with van der Waals surface area (Å²) in [6, 6.07) is 7.01. The lowest BCUT2D eigenvalue weighted by atomic mass is 9.90. The van der Waals surface area contributed by atoms with Gasteiger partial charge in [-0.3, -0.25) is 9.59 Å². The minimum absolute atomic E-state index is 0.104. The van der Waals surface area contributed by atoms with Crippen molar-refractivity contribution in [3.63, 3.8) is 0 Å². The SMILES string of the molecule is Cn1c(/C=C2/CC3CCC2C3)nc2c1C(=O)c1ccccc1C2=O. The number of ketones is 2. The highest BCUT2D eigenvalue weighted by atomic mass is 16.1. The predicted octanol–water partition coefficient (Wildman–Crippen LogP) is 3.40. The van der Waals surface area contributed by atoms with Gasteiger partial charge in [0.2, 0.25) is 11.6 Å². The number of allylic oxidation sites excluding steroid dienone is 1. The first-order chi connectivity index (χ1) is 11.6. The lowest BCUT2D eigenvalue weighted by Gasteiger charge is -2.14. The maximum Gasteiger partial charge on any atom is 0.214 e. The van der Waals surface area contributed by atoms with E-state index in [1.54, 1.807) is 28.8 Å². The average molecular weight is 318 g/mol. The van der Waals surface area contributed by atoms with Crippen LogP contribution in [0, 0.1) is 11.8 Å². The number of hydrogen-bond acceptors (Lipinski definition) is 3. The topological polar surface area (TPSA) is 52.0 Å². The molecule has 2 aromatic rings. The summed E-state index contributed by atoms with van der Waals surface area (Å²) in [4.78, 5) is 30.1. The highest BCUT2D eigenvalue weighted by molar-refractivity contribution is 6.27. The van der Waals surface area contributed by atoms with Crippen LogP contribution in [0.1, 0.15) is 63.6 Å². The molecule has 5 rings (SSSR count). The molecule has 3 aliphatic rings. The van der Waals surface area contributed by atoms with Crippen LogP contribution in [0.4, 0.5) is 0 Å². The van der Waals surface area contributed by atoms with E-state index in [0.29, 0.717) is 28.4 Å². The van der Waals surface area contributed by atoms with Gasteiger partial charge in [-0.2, -0.15) is 0 Å². The summed E-state index contributed by atoms with van der Waals surface area (Å²) in [5.41, 5.74) is 3.11. The lowest BCUT2D eigenvalue weighted by Crippen LogP contribution is -2.22. The minimum atomic E-state index is -0.145. The van der Waals surface area contributed by atoms with E-state index in [9.17, 15) is 9.59 Å². The number of imidazole rings is 1. The molecule has 2 bridgehead atoms. The van der Waals surface area contributed by atoms with Gasteiger partial charge in [0.1, 0.15) is 17.2 Å². The Balaban J connectivity index is 1.63. The van der Waals surface area contributed by atoms with E-state index >= 15 is 0 Å². The molecule has 0 N–H and O–H groups in total. The number of hydrogen-bond donors (Lipinski definition) is 0. The third kappa shape index (κ3) is 1.77. The van der Waals surface area contributed by atoms with Crippen LogP contribution in [0.2, 0.25) is 0 Å². The van der Waals surface area contributed by atoms with Gasteiger partial charge in [0.05, 0.1) is 0 Å². The summed E-state index contributed by atoms with van der Waals surface area (Å²) < 4.78 is 1.80. The summed E-state index contributed by atoms with van der Waals surface area (Å²) in [6.07, 6.45) is 7.16. The largest absolute Gasteiger partial charge is 0.324 e. The average Bonchev–Trinajstić information content (AvgIpc) is 3.28. The lowest BCUT2D eigenvalue weighted by molar-refractivity contribution is 0.0971. The van der Waals surface area contributed by atoms with Crippen molar-refractivity contribution >= 4 is 17.6 Å². The van der Waals surface area contributed by atoms with Crippen molar-refractivity contribution in [2.75, 3.05) is 0 Å². The summed E-state index contributed by atoms with van der Waals surface area (Å²) in [5, 5.41) is 0. The molecule has 0 saturated heterocycles. The zero-order valence-corrected chi connectivity index (χ0v) is 13.6. The zero-order chi connectivity index (χ0) is 16.4.